The molecule has 0 heterocycles. The van der Waals surface area contributed by atoms with Gasteiger partial charge in [-0.05, 0) is 58.4 Å². The number of hydrogen-bond acceptors (Lipinski definition) is 5. The van der Waals surface area contributed by atoms with E-state index in [9.17, 15) is 9.59 Å². The molecule has 2 amide bonds. The number of ether oxygens (including phenoxy) is 3. The van der Waals surface area contributed by atoms with Crippen LogP contribution in [-0.4, -0.2) is 31.6 Å². The van der Waals surface area contributed by atoms with Crippen LogP contribution in [0.15, 0.2) is 77.3 Å². The lowest BCUT2D eigenvalue weighted by molar-refractivity contribution is -0.123. The fraction of sp³-hybridized carbons (Fsp3) is 0.130. The molecule has 0 radical (unpaired) electrons. The molecule has 166 valence electrons. The number of hydrogen-bond donors (Lipinski definition) is 2. The lowest BCUT2D eigenvalue weighted by Crippen LogP contribution is -2.44. The van der Waals surface area contributed by atoms with E-state index in [0.29, 0.717) is 27.6 Å². The molecule has 3 rings (SSSR count). The van der Waals surface area contributed by atoms with Crippen molar-refractivity contribution >= 4 is 39.3 Å². The van der Waals surface area contributed by atoms with Gasteiger partial charge in [0.2, 0.25) is 0 Å². The van der Waals surface area contributed by atoms with E-state index in [0.717, 1.165) is 5.75 Å². The molecule has 9 heteroatoms. The van der Waals surface area contributed by atoms with Crippen molar-refractivity contribution < 1.29 is 23.8 Å². The van der Waals surface area contributed by atoms with Gasteiger partial charge in [0.25, 0.3) is 11.8 Å². The Kier molecular flexibility index (Phi) is 8.77. The standard InChI is InChI=1S/C23H20BrClN2O5/c24-19-14-16(25)10-11-21(19)32-15-22(28)26-27-23(29)18-8-4-5-9-20(18)31-13-12-30-17-6-2-1-3-7-17/h1-11,14H,12-13,15H2,(H,26,28)(H,27,29). The Morgan fingerprint density at radius 2 is 1.53 bits per heavy atom. The van der Waals surface area contributed by atoms with Crippen LogP contribution < -0.4 is 25.1 Å². The number of amides is 2. The number of carbonyl (C=O) groups excluding carboxylic acids is 2. The van der Waals surface area contributed by atoms with E-state index in [4.69, 9.17) is 25.8 Å². The predicted molar refractivity (Wildman–Crippen MR) is 124 cm³/mol. The molecule has 0 aromatic heterocycles. The van der Waals surface area contributed by atoms with Crippen molar-refractivity contribution in [1.82, 2.24) is 10.9 Å². The Morgan fingerprint density at radius 3 is 2.31 bits per heavy atom. The van der Waals surface area contributed by atoms with Crippen molar-refractivity contribution in [3.05, 3.63) is 87.9 Å². The summed E-state index contributed by atoms with van der Waals surface area (Å²) >= 11 is 9.18. The van der Waals surface area contributed by atoms with Crippen LogP contribution in [0, 0.1) is 0 Å². The molecule has 7 nitrogen and oxygen atoms in total. The van der Waals surface area contributed by atoms with Gasteiger partial charge < -0.3 is 14.2 Å². The molecule has 0 saturated carbocycles. The van der Waals surface area contributed by atoms with E-state index in [-0.39, 0.29) is 18.8 Å². The smallest absolute Gasteiger partial charge is 0.276 e. The van der Waals surface area contributed by atoms with E-state index < -0.39 is 11.8 Å². The Balaban J connectivity index is 1.45. The third-order valence-electron chi connectivity index (χ3n) is 4.05. The lowest BCUT2D eigenvalue weighted by Gasteiger charge is -2.13. The third-order valence-corrected chi connectivity index (χ3v) is 4.91. The predicted octanol–water partition coefficient (Wildman–Crippen LogP) is 4.40. The number of benzene rings is 3. The van der Waals surface area contributed by atoms with Gasteiger partial charge in [-0.25, -0.2) is 0 Å². The molecule has 3 aromatic carbocycles. The van der Waals surface area contributed by atoms with Crippen LogP contribution in [0.3, 0.4) is 0 Å². The quantitative estimate of drug-likeness (QED) is 0.323. The molecule has 0 spiro atoms. The van der Waals surface area contributed by atoms with Crippen molar-refractivity contribution in [2.45, 2.75) is 0 Å². The highest BCUT2D eigenvalue weighted by Crippen LogP contribution is 2.27. The largest absolute Gasteiger partial charge is 0.490 e. The first-order chi connectivity index (χ1) is 15.5. The number of nitrogens with one attached hydrogen (secondary N) is 2. The Hall–Kier alpha value is -3.23. The molecular formula is C23H20BrClN2O5. The highest BCUT2D eigenvalue weighted by molar-refractivity contribution is 9.10. The van der Waals surface area contributed by atoms with Crippen LogP contribution in [0.4, 0.5) is 0 Å². The minimum absolute atomic E-state index is 0.245. The van der Waals surface area contributed by atoms with E-state index in [1.807, 2.05) is 30.3 Å². The molecule has 0 aliphatic rings. The number of rotatable bonds is 9. The van der Waals surface area contributed by atoms with Gasteiger partial charge >= 0.3 is 0 Å². The number of para-hydroxylation sites is 2. The zero-order valence-corrected chi connectivity index (χ0v) is 19.2. The highest BCUT2D eigenvalue weighted by atomic mass is 79.9. The van der Waals surface area contributed by atoms with E-state index in [1.54, 1.807) is 42.5 Å². The van der Waals surface area contributed by atoms with E-state index >= 15 is 0 Å². The van der Waals surface area contributed by atoms with Crippen LogP contribution >= 0.6 is 27.5 Å². The van der Waals surface area contributed by atoms with Gasteiger partial charge in [0.15, 0.2) is 6.61 Å². The fourth-order valence-electron chi connectivity index (χ4n) is 2.57. The van der Waals surface area contributed by atoms with E-state index in [2.05, 4.69) is 26.8 Å². The van der Waals surface area contributed by atoms with Crippen LogP contribution in [0.25, 0.3) is 0 Å². The Bertz CT molecular complexity index is 1070. The average molecular weight is 520 g/mol. The normalized spacial score (nSPS) is 10.2. The molecule has 0 saturated heterocycles. The maximum Gasteiger partial charge on any atom is 0.276 e. The number of carbonyl (C=O) groups is 2. The first-order valence-corrected chi connectivity index (χ1v) is 10.8. The average Bonchev–Trinajstić information content (AvgIpc) is 2.80. The van der Waals surface area contributed by atoms with Crippen LogP contribution in [0.5, 0.6) is 17.2 Å². The zero-order valence-electron chi connectivity index (χ0n) is 16.8. The van der Waals surface area contributed by atoms with Crippen LogP contribution in [0.2, 0.25) is 5.02 Å². The van der Waals surface area contributed by atoms with Crippen molar-refractivity contribution in [3.8, 4) is 17.2 Å². The summed E-state index contributed by atoms with van der Waals surface area (Å²) in [6.07, 6.45) is 0. The Labute approximate surface area is 198 Å². The van der Waals surface area contributed by atoms with Gasteiger partial charge in [-0.3, -0.25) is 20.4 Å². The van der Waals surface area contributed by atoms with Gasteiger partial charge in [-0.2, -0.15) is 0 Å². The summed E-state index contributed by atoms with van der Waals surface area (Å²) in [6.45, 7) is 0.263. The van der Waals surface area contributed by atoms with Gasteiger partial charge in [0, 0.05) is 5.02 Å². The second-order valence-electron chi connectivity index (χ2n) is 6.37. The maximum atomic E-state index is 12.5. The molecule has 32 heavy (non-hydrogen) atoms. The van der Waals surface area contributed by atoms with E-state index in [1.165, 1.54) is 0 Å². The molecule has 0 fully saturated rings. The highest BCUT2D eigenvalue weighted by Gasteiger charge is 2.13. The van der Waals surface area contributed by atoms with Gasteiger partial charge in [0.05, 0.1) is 10.0 Å². The summed E-state index contributed by atoms with van der Waals surface area (Å²) in [6, 6.07) is 21.0. The summed E-state index contributed by atoms with van der Waals surface area (Å²) in [5, 5.41) is 0.536. The topological polar surface area (TPSA) is 85.9 Å². The summed E-state index contributed by atoms with van der Waals surface area (Å²) in [4.78, 5) is 24.5. The second kappa shape index (κ2) is 12.0. The molecule has 0 atom stereocenters. The third kappa shape index (κ3) is 7.18. The molecule has 3 aromatic rings. The van der Waals surface area contributed by atoms with Crippen LogP contribution in [0.1, 0.15) is 10.4 Å². The molecule has 2 N–H and O–H groups in total. The number of hydrazine groups is 1. The van der Waals surface area contributed by atoms with Gasteiger partial charge in [-0.15, -0.1) is 0 Å². The molecule has 0 aliphatic heterocycles. The lowest BCUT2D eigenvalue weighted by atomic mass is 10.2. The first-order valence-electron chi connectivity index (χ1n) is 9.59. The minimum Gasteiger partial charge on any atom is -0.490 e. The Morgan fingerprint density at radius 1 is 0.812 bits per heavy atom. The summed E-state index contributed by atoms with van der Waals surface area (Å²) < 4.78 is 17.3. The summed E-state index contributed by atoms with van der Waals surface area (Å²) in [5.74, 6) is 0.503. The van der Waals surface area contributed by atoms with Gasteiger partial charge in [0.1, 0.15) is 30.5 Å². The fourth-order valence-corrected chi connectivity index (χ4v) is 3.37. The van der Waals surface area contributed by atoms with Gasteiger partial charge in [-0.1, -0.05) is 41.9 Å². The monoisotopic (exact) mass is 518 g/mol. The van der Waals surface area contributed by atoms with Crippen molar-refractivity contribution in [2.75, 3.05) is 19.8 Å². The van der Waals surface area contributed by atoms with Crippen molar-refractivity contribution in [2.24, 2.45) is 0 Å². The molecule has 0 aliphatic carbocycles. The molecule has 0 bridgehead atoms. The molecular weight excluding hydrogens is 500 g/mol. The minimum atomic E-state index is -0.533. The zero-order chi connectivity index (χ0) is 22.8. The van der Waals surface area contributed by atoms with Crippen molar-refractivity contribution in [3.63, 3.8) is 0 Å². The second-order valence-corrected chi connectivity index (χ2v) is 7.66. The summed E-state index contributed by atoms with van der Waals surface area (Å²) in [5.41, 5.74) is 4.94. The number of halogens is 2. The first kappa shape index (κ1) is 23.4. The molecule has 0 unspecified atom stereocenters. The SMILES string of the molecule is O=C(COc1ccc(Cl)cc1Br)NNC(=O)c1ccccc1OCCOc1ccccc1. The van der Waals surface area contributed by atoms with Crippen LogP contribution in [-0.2, 0) is 4.79 Å². The van der Waals surface area contributed by atoms with Crippen molar-refractivity contribution in [1.29, 1.82) is 0 Å². The maximum absolute atomic E-state index is 12.5. The summed E-state index contributed by atoms with van der Waals surface area (Å²) in [7, 11) is 0.